The Kier molecular flexibility index (Phi) is 4.85. The summed E-state index contributed by atoms with van der Waals surface area (Å²) in [6.07, 6.45) is -1.13. The van der Waals surface area contributed by atoms with Crippen LogP contribution in [0.15, 0.2) is 47.0 Å². The van der Waals surface area contributed by atoms with Gasteiger partial charge in [0.05, 0.1) is 21.3 Å². The molecule has 0 saturated carbocycles. The van der Waals surface area contributed by atoms with Crippen molar-refractivity contribution in [2.24, 2.45) is 0 Å². The van der Waals surface area contributed by atoms with Crippen molar-refractivity contribution in [3.63, 3.8) is 0 Å². The first kappa shape index (κ1) is 16.8. The number of nitrogens with zero attached hydrogens (tertiary/aromatic N) is 2. The van der Waals surface area contributed by atoms with Crippen LogP contribution < -0.4 is 14.2 Å². The highest BCUT2D eigenvalue weighted by Crippen LogP contribution is 2.40. The van der Waals surface area contributed by atoms with Crippen LogP contribution in [-0.2, 0) is 0 Å². The van der Waals surface area contributed by atoms with Crippen LogP contribution in [0.3, 0.4) is 0 Å². The van der Waals surface area contributed by atoms with Gasteiger partial charge in [-0.05, 0) is 17.7 Å². The van der Waals surface area contributed by atoms with E-state index in [0.29, 0.717) is 28.6 Å². The highest BCUT2D eigenvalue weighted by atomic mass is 16.5. The van der Waals surface area contributed by atoms with Crippen LogP contribution in [0.5, 0.6) is 17.2 Å². The first-order chi connectivity index (χ1) is 12.2. The summed E-state index contributed by atoms with van der Waals surface area (Å²) in [7, 11) is 4.53. The van der Waals surface area contributed by atoms with E-state index in [4.69, 9.17) is 18.7 Å². The number of aliphatic hydroxyl groups is 1. The number of aromatic nitrogens is 2. The molecule has 0 amide bonds. The molecule has 7 nitrogen and oxygen atoms in total. The predicted octanol–water partition coefficient (Wildman–Crippen LogP) is 2.84. The Morgan fingerprint density at radius 1 is 0.960 bits per heavy atom. The summed E-state index contributed by atoms with van der Waals surface area (Å²) in [5, 5.41) is 14.5. The van der Waals surface area contributed by atoms with Crippen LogP contribution in [0, 0.1) is 0 Å². The third-order valence-electron chi connectivity index (χ3n) is 3.71. The molecule has 1 atom stereocenters. The van der Waals surface area contributed by atoms with Gasteiger partial charge >= 0.3 is 0 Å². The molecule has 0 saturated heterocycles. The van der Waals surface area contributed by atoms with E-state index in [-0.39, 0.29) is 5.89 Å². The maximum atomic E-state index is 10.6. The molecule has 0 radical (unpaired) electrons. The average molecular weight is 342 g/mol. The van der Waals surface area contributed by atoms with Gasteiger partial charge in [0, 0.05) is 5.56 Å². The number of hydrogen-bond acceptors (Lipinski definition) is 7. The van der Waals surface area contributed by atoms with Crippen LogP contribution in [0.4, 0.5) is 0 Å². The fourth-order valence-corrected chi connectivity index (χ4v) is 2.45. The summed E-state index contributed by atoms with van der Waals surface area (Å²) in [6.45, 7) is 0. The second kappa shape index (κ2) is 7.23. The molecule has 3 rings (SSSR count). The van der Waals surface area contributed by atoms with E-state index in [1.807, 2.05) is 30.3 Å². The largest absolute Gasteiger partial charge is 0.493 e. The zero-order valence-corrected chi connectivity index (χ0v) is 14.1. The lowest BCUT2D eigenvalue weighted by atomic mass is 10.1. The van der Waals surface area contributed by atoms with Crippen LogP contribution in [0.25, 0.3) is 11.4 Å². The van der Waals surface area contributed by atoms with E-state index < -0.39 is 6.10 Å². The van der Waals surface area contributed by atoms with Gasteiger partial charge in [0.25, 0.3) is 5.89 Å². The molecule has 0 aliphatic heterocycles. The molecule has 1 aromatic heterocycles. The van der Waals surface area contributed by atoms with Crippen molar-refractivity contribution in [1.29, 1.82) is 0 Å². The van der Waals surface area contributed by atoms with Crippen molar-refractivity contribution in [3.05, 3.63) is 53.9 Å². The third-order valence-corrected chi connectivity index (χ3v) is 3.71. The molecule has 25 heavy (non-hydrogen) atoms. The molecule has 1 unspecified atom stereocenters. The van der Waals surface area contributed by atoms with Crippen molar-refractivity contribution in [3.8, 4) is 28.6 Å². The van der Waals surface area contributed by atoms with Gasteiger partial charge in [-0.1, -0.05) is 35.5 Å². The lowest BCUT2D eigenvalue weighted by Crippen LogP contribution is -2.03. The lowest BCUT2D eigenvalue weighted by molar-refractivity contribution is 0.169. The summed E-state index contributed by atoms with van der Waals surface area (Å²) in [5.74, 6) is 1.78. The molecule has 3 aromatic rings. The van der Waals surface area contributed by atoms with E-state index in [9.17, 15) is 5.11 Å². The molecule has 1 N–H and O–H groups in total. The fraction of sp³-hybridized carbons (Fsp3) is 0.222. The van der Waals surface area contributed by atoms with Gasteiger partial charge in [-0.2, -0.15) is 4.98 Å². The third kappa shape index (κ3) is 3.27. The van der Waals surface area contributed by atoms with Gasteiger partial charge < -0.3 is 23.8 Å². The number of methoxy groups -OCH3 is 3. The molecular weight excluding hydrogens is 324 g/mol. The topological polar surface area (TPSA) is 86.8 Å². The zero-order chi connectivity index (χ0) is 17.8. The van der Waals surface area contributed by atoms with E-state index in [1.165, 1.54) is 21.3 Å². The minimum atomic E-state index is -1.13. The Hall–Kier alpha value is -3.06. The van der Waals surface area contributed by atoms with Crippen LogP contribution in [0.1, 0.15) is 17.6 Å². The van der Waals surface area contributed by atoms with E-state index >= 15 is 0 Å². The number of hydrogen-bond donors (Lipinski definition) is 1. The van der Waals surface area contributed by atoms with Crippen molar-refractivity contribution >= 4 is 0 Å². The summed E-state index contributed by atoms with van der Waals surface area (Å²) in [6, 6.07) is 12.6. The molecule has 2 aromatic carbocycles. The Labute approximate surface area is 144 Å². The molecule has 0 bridgehead atoms. The Balaban J connectivity index is 1.96. The highest BCUT2D eigenvalue weighted by molar-refractivity contribution is 5.56. The van der Waals surface area contributed by atoms with Gasteiger partial charge in [-0.15, -0.1) is 0 Å². The molecule has 7 heteroatoms. The lowest BCUT2D eigenvalue weighted by Gasteiger charge is -2.15. The van der Waals surface area contributed by atoms with Crippen molar-refractivity contribution < 1.29 is 23.8 Å². The molecule has 1 heterocycles. The highest BCUT2D eigenvalue weighted by Gasteiger charge is 2.23. The number of rotatable bonds is 6. The number of benzene rings is 2. The summed E-state index contributed by atoms with van der Waals surface area (Å²) in [4.78, 5) is 4.27. The SMILES string of the molecule is COc1cc(C(O)c2nc(-c3ccccc3)no2)cc(OC)c1OC. The molecule has 130 valence electrons. The molecule has 0 aliphatic carbocycles. The number of aliphatic hydroxyl groups excluding tert-OH is 1. The minimum Gasteiger partial charge on any atom is -0.493 e. The zero-order valence-electron chi connectivity index (χ0n) is 14.1. The maximum Gasteiger partial charge on any atom is 0.260 e. The predicted molar refractivity (Wildman–Crippen MR) is 89.9 cm³/mol. The van der Waals surface area contributed by atoms with Gasteiger partial charge in [-0.25, -0.2) is 0 Å². The van der Waals surface area contributed by atoms with Crippen LogP contribution >= 0.6 is 0 Å². The average Bonchev–Trinajstić information content (AvgIpc) is 3.17. The van der Waals surface area contributed by atoms with Crippen molar-refractivity contribution in [1.82, 2.24) is 10.1 Å². The Morgan fingerprint density at radius 2 is 1.60 bits per heavy atom. The smallest absolute Gasteiger partial charge is 0.260 e. The van der Waals surface area contributed by atoms with E-state index in [0.717, 1.165) is 5.56 Å². The molecule has 0 fully saturated rings. The Bertz CT molecular complexity index is 823. The molecule has 0 spiro atoms. The normalized spacial score (nSPS) is 11.8. The maximum absolute atomic E-state index is 10.6. The summed E-state index contributed by atoms with van der Waals surface area (Å²) < 4.78 is 21.1. The second-order valence-corrected chi connectivity index (χ2v) is 5.18. The first-order valence-electron chi connectivity index (χ1n) is 7.55. The van der Waals surface area contributed by atoms with Gasteiger partial charge in [0.2, 0.25) is 11.6 Å². The van der Waals surface area contributed by atoms with Crippen LogP contribution in [-0.4, -0.2) is 36.6 Å². The fourth-order valence-electron chi connectivity index (χ4n) is 2.45. The first-order valence-corrected chi connectivity index (χ1v) is 7.55. The quantitative estimate of drug-likeness (QED) is 0.737. The van der Waals surface area contributed by atoms with E-state index in [1.54, 1.807) is 12.1 Å². The van der Waals surface area contributed by atoms with Crippen molar-refractivity contribution in [2.45, 2.75) is 6.10 Å². The second-order valence-electron chi connectivity index (χ2n) is 5.18. The van der Waals surface area contributed by atoms with Gasteiger partial charge in [0.1, 0.15) is 0 Å². The summed E-state index contributed by atoms with van der Waals surface area (Å²) in [5.41, 5.74) is 1.28. The van der Waals surface area contributed by atoms with Gasteiger partial charge in [0.15, 0.2) is 17.6 Å². The Morgan fingerprint density at radius 3 is 2.16 bits per heavy atom. The van der Waals surface area contributed by atoms with E-state index in [2.05, 4.69) is 10.1 Å². The molecule has 0 aliphatic rings. The van der Waals surface area contributed by atoms with Crippen molar-refractivity contribution in [2.75, 3.05) is 21.3 Å². The summed E-state index contributed by atoms with van der Waals surface area (Å²) >= 11 is 0. The monoisotopic (exact) mass is 342 g/mol. The standard InChI is InChI=1S/C18H18N2O5/c1-22-13-9-12(10-14(23-2)16(13)24-3)15(21)18-19-17(20-25-18)11-7-5-4-6-8-11/h4-10,15,21H,1-3H3. The van der Waals surface area contributed by atoms with Gasteiger partial charge in [-0.3, -0.25) is 0 Å². The minimum absolute atomic E-state index is 0.0770. The van der Waals surface area contributed by atoms with Crippen LogP contribution in [0.2, 0.25) is 0 Å². The molecular formula is C18H18N2O5. The number of ether oxygens (including phenoxy) is 3.